The first-order chi connectivity index (χ1) is 5.69. The van der Waals surface area contributed by atoms with Gasteiger partial charge in [0, 0.05) is 6.07 Å². The van der Waals surface area contributed by atoms with Crippen LogP contribution in [0.5, 0.6) is 11.5 Å². The number of benzene rings is 1. The molecule has 0 aliphatic heterocycles. The Morgan fingerprint density at radius 2 is 1.75 bits per heavy atom. The lowest BCUT2D eigenvalue weighted by Gasteiger charge is -2.06. The van der Waals surface area contributed by atoms with E-state index in [0.717, 1.165) is 0 Å². The predicted octanol–water partition coefficient (Wildman–Crippen LogP) is 2.61. The minimum absolute atomic E-state index is 0.176. The summed E-state index contributed by atoms with van der Waals surface area (Å²) in [6.45, 7) is 0. The molecular weight excluding hydrogens is 227 g/mol. The van der Waals surface area contributed by atoms with Crippen molar-refractivity contribution in [2.24, 2.45) is 0 Å². The molecule has 4 heteroatoms. The summed E-state index contributed by atoms with van der Waals surface area (Å²) in [5.74, 6) is 0.313. The molecule has 12 heavy (non-hydrogen) atoms. The van der Waals surface area contributed by atoms with E-state index < -0.39 is 5.82 Å². The molecular formula is C8H8BrFO2. The summed E-state index contributed by atoms with van der Waals surface area (Å²) >= 11 is 3.15. The van der Waals surface area contributed by atoms with E-state index in [1.54, 1.807) is 0 Å². The van der Waals surface area contributed by atoms with Crippen molar-refractivity contribution >= 4 is 15.9 Å². The Morgan fingerprint density at radius 1 is 1.17 bits per heavy atom. The number of hydrogen-bond acceptors (Lipinski definition) is 2. The van der Waals surface area contributed by atoms with E-state index in [1.165, 1.54) is 26.4 Å². The van der Waals surface area contributed by atoms with Gasteiger partial charge >= 0.3 is 0 Å². The molecule has 0 N–H and O–H groups in total. The molecule has 0 atom stereocenters. The fourth-order valence-corrected chi connectivity index (χ4v) is 1.30. The molecule has 0 unspecified atom stereocenters. The summed E-state index contributed by atoms with van der Waals surface area (Å²) in [7, 11) is 2.92. The molecule has 1 rings (SSSR count). The fraction of sp³-hybridized carbons (Fsp3) is 0.250. The highest BCUT2D eigenvalue weighted by atomic mass is 79.9. The van der Waals surface area contributed by atoms with Gasteiger partial charge in [-0.25, -0.2) is 4.39 Å². The van der Waals surface area contributed by atoms with Gasteiger partial charge in [-0.15, -0.1) is 0 Å². The van der Waals surface area contributed by atoms with E-state index in [-0.39, 0.29) is 5.75 Å². The van der Waals surface area contributed by atoms with Gasteiger partial charge < -0.3 is 9.47 Å². The van der Waals surface area contributed by atoms with E-state index in [1.807, 2.05) is 0 Å². The molecule has 0 radical (unpaired) electrons. The fourth-order valence-electron chi connectivity index (χ4n) is 0.823. The smallest absolute Gasteiger partial charge is 0.166 e. The van der Waals surface area contributed by atoms with Crippen molar-refractivity contribution in [3.63, 3.8) is 0 Å². The maximum absolute atomic E-state index is 13.0. The topological polar surface area (TPSA) is 18.5 Å². The molecule has 0 bridgehead atoms. The Hall–Kier alpha value is -0.770. The second-order valence-electron chi connectivity index (χ2n) is 2.12. The van der Waals surface area contributed by atoms with Crippen molar-refractivity contribution in [3.05, 3.63) is 22.4 Å². The van der Waals surface area contributed by atoms with Crippen LogP contribution in [0.3, 0.4) is 0 Å². The number of hydrogen-bond donors (Lipinski definition) is 0. The average Bonchev–Trinajstić information content (AvgIpc) is 2.05. The molecule has 66 valence electrons. The van der Waals surface area contributed by atoms with Crippen LogP contribution in [-0.4, -0.2) is 14.2 Å². The maximum Gasteiger partial charge on any atom is 0.166 e. The minimum Gasteiger partial charge on any atom is -0.495 e. The highest BCUT2D eigenvalue weighted by molar-refractivity contribution is 9.10. The zero-order chi connectivity index (χ0) is 9.14. The van der Waals surface area contributed by atoms with E-state index in [2.05, 4.69) is 15.9 Å². The monoisotopic (exact) mass is 234 g/mol. The van der Waals surface area contributed by atoms with Crippen molar-refractivity contribution in [3.8, 4) is 11.5 Å². The average molecular weight is 235 g/mol. The molecule has 0 saturated carbocycles. The Kier molecular flexibility index (Phi) is 2.92. The van der Waals surface area contributed by atoms with Gasteiger partial charge in [0.1, 0.15) is 5.75 Å². The standard InChI is InChI=1S/C8H8BrFO2/c1-11-7-4-8(12-2)6(10)3-5(7)9/h3-4H,1-2H3. The van der Waals surface area contributed by atoms with Crippen molar-refractivity contribution in [1.29, 1.82) is 0 Å². The summed E-state index contributed by atoms with van der Waals surface area (Å²) in [5, 5.41) is 0. The van der Waals surface area contributed by atoms with E-state index >= 15 is 0 Å². The highest BCUT2D eigenvalue weighted by Gasteiger charge is 2.07. The van der Waals surface area contributed by atoms with Gasteiger partial charge in [0.2, 0.25) is 0 Å². The zero-order valence-corrected chi connectivity index (χ0v) is 8.31. The van der Waals surface area contributed by atoms with Crippen molar-refractivity contribution in [2.45, 2.75) is 0 Å². The maximum atomic E-state index is 13.0. The van der Waals surface area contributed by atoms with Crippen molar-refractivity contribution in [1.82, 2.24) is 0 Å². The Labute approximate surface area is 78.4 Å². The first-order valence-electron chi connectivity index (χ1n) is 3.26. The predicted molar refractivity (Wildman–Crippen MR) is 47.2 cm³/mol. The molecule has 0 aliphatic rings. The molecule has 0 saturated heterocycles. The highest BCUT2D eigenvalue weighted by Crippen LogP contribution is 2.31. The Bertz CT molecular complexity index is 263. The third-order valence-corrected chi connectivity index (χ3v) is 2.05. The lowest BCUT2D eigenvalue weighted by atomic mass is 10.3. The summed E-state index contributed by atoms with van der Waals surface area (Å²) in [6.07, 6.45) is 0. The quantitative estimate of drug-likeness (QED) is 0.784. The molecule has 0 fully saturated rings. The lowest BCUT2D eigenvalue weighted by molar-refractivity contribution is 0.372. The Morgan fingerprint density at radius 3 is 2.25 bits per heavy atom. The van der Waals surface area contributed by atoms with Gasteiger partial charge in [-0.1, -0.05) is 0 Å². The molecule has 0 aliphatic carbocycles. The first-order valence-corrected chi connectivity index (χ1v) is 4.05. The van der Waals surface area contributed by atoms with Crippen LogP contribution in [0.25, 0.3) is 0 Å². The van der Waals surface area contributed by atoms with Crippen molar-refractivity contribution in [2.75, 3.05) is 14.2 Å². The summed E-state index contributed by atoms with van der Waals surface area (Å²) in [6, 6.07) is 2.79. The number of halogens is 2. The van der Waals surface area contributed by atoms with Gasteiger partial charge in [0.15, 0.2) is 11.6 Å². The lowest BCUT2D eigenvalue weighted by Crippen LogP contribution is -1.91. The molecule has 0 heterocycles. The summed E-state index contributed by atoms with van der Waals surface area (Å²) < 4.78 is 23.2. The summed E-state index contributed by atoms with van der Waals surface area (Å²) in [5.41, 5.74) is 0. The number of rotatable bonds is 2. The van der Waals surface area contributed by atoms with Crippen LogP contribution in [-0.2, 0) is 0 Å². The van der Waals surface area contributed by atoms with Crippen LogP contribution in [0.4, 0.5) is 4.39 Å². The molecule has 0 aromatic heterocycles. The number of ether oxygens (including phenoxy) is 2. The van der Waals surface area contributed by atoms with Gasteiger partial charge in [-0.3, -0.25) is 0 Å². The second kappa shape index (κ2) is 3.76. The van der Waals surface area contributed by atoms with Crippen LogP contribution in [0.1, 0.15) is 0 Å². The van der Waals surface area contributed by atoms with Crippen LogP contribution in [0, 0.1) is 5.82 Å². The molecule has 2 nitrogen and oxygen atoms in total. The van der Waals surface area contributed by atoms with Gasteiger partial charge in [0.05, 0.1) is 18.7 Å². The molecule has 1 aromatic carbocycles. The van der Waals surface area contributed by atoms with Gasteiger partial charge in [-0.05, 0) is 22.0 Å². The normalized spacial score (nSPS) is 9.67. The van der Waals surface area contributed by atoms with Crippen LogP contribution in [0.2, 0.25) is 0 Å². The third kappa shape index (κ3) is 1.69. The van der Waals surface area contributed by atoms with Crippen molar-refractivity contribution < 1.29 is 13.9 Å². The Balaban J connectivity index is 3.18. The zero-order valence-electron chi connectivity index (χ0n) is 6.73. The van der Waals surface area contributed by atoms with E-state index in [0.29, 0.717) is 10.2 Å². The molecule has 0 spiro atoms. The van der Waals surface area contributed by atoms with E-state index in [4.69, 9.17) is 9.47 Å². The SMILES string of the molecule is COc1cc(OC)c(Br)cc1F. The van der Waals surface area contributed by atoms with Crippen LogP contribution in [0.15, 0.2) is 16.6 Å². The van der Waals surface area contributed by atoms with Crippen LogP contribution < -0.4 is 9.47 Å². The molecule has 0 amide bonds. The largest absolute Gasteiger partial charge is 0.495 e. The number of methoxy groups -OCH3 is 2. The first kappa shape index (κ1) is 9.32. The van der Waals surface area contributed by atoms with E-state index in [9.17, 15) is 4.39 Å². The minimum atomic E-state index is -0.412. The molecule has 1 aromatic rings. The van der Waals surface area contributed by atoms with Gasteiger partial charge in [-0.2, -0.15) is 0 Å². The van der Waals surface area contributed by atoms with Gasteiger partial charge in [0.25, 0.3) is 0 Å². The van der Waals surface area contributed by atoms with Crippen LogP contribution >= 0.6 is 15.9 Å². The summed E-state index contributed by atoms with van der Waals surface area (Å²) in [4.78, 5) is 0. The third-order valence-electron chi connectivity index (χ3n) is 1.43. The second-order valence-corrected chi connectivity index (χ2v) is 2.98.